The van der Waals surface area contributed by atoms with E-state index in [1.54, 1.807) is 30.5 Å². The van der Waals surface area contributed by atoms with E-state index in [4.69, 9.17) is 23.8 Å². The minimum absolute atomic E-state index is 0.00441. The zero-order chi connectivity index (χ0) is 22.4. The van der Waals surface area contributed by atoms with Gasteiger partial charge in [-0.15, -0.1) is 0 Å². The Kier molecular flexibility index (Phi) is 4.96. The first-order valence-electron chi connectivity index (χ1n) is 9.84. The molecule has 0 atom stereocenters. The summed E-state index contributed by atoms with van der Waals surface area (Å²) in [6.45, 7) is 0. The summed E-state index contributed by atoms with van der Waals surface area (Å²) in [7, 11) is 0. The highest BCUT2D eigenvalue weighted by molar-refractivity contribution is 7.80. The summed E-state index contributed by atoms with van der Waals surface area (Å²) in [4.78, 5) is 38.5. The number of carbonyl (C=O) groups excluding carboxylic acids is 3. The molecule has 1 fully saturated rings. The normalized spacial score (nSPS) is 15.5. The Morgan fingerprint density at radius 3 is 2.62 bits per heavy atom. The molecule has 5 rings (SSSR count). The van der Waals surface area contributed by atoms with E-state index in [-0.39, 0.29) is 28.7 Å². The zero-order valence-electron chi connectivity index (χ0n) is 16.6. The van der Waals surface area contributed by atoms with E-state index in [1.165, 1.54) is 10.6 Å². The summed E-state index contributed by atoms with van der Waals surface area (Å²) in [5.41, 5.74) is 1.71. The van der Waals surface area contributed by atoms with Gasteiger partial charge < -0.3 is 5.32 Å². The van der Waals surface area contributed by atoms with Crippen LogP contribution in [0.1, 0.15) is 22.3 Å². The SMILES string of the molecule is O=C1CC(=S)NC(=O)/C1=C\c1cn(C(=O)c2cccc3ccccc23)c2ccc(Cl)cc12. The van der Waals surface area contributed by atoms with Crippen molar-refractivity contribution >= 4 is 74.2 Å². The first kappa shape index (κ1) is 20.3. The molecule has 0 spiro atoms. The smallest absolute Gasteiger partial charge is 0.263 e. The standard InChI is InChI=1S/C25H15ClN2O3S/c26-16-8-9-21-19(11-16)15(10-20-22(29)12-23(32)27-24(20)30)13-28(21)25(31)18-7-3-5-14-4-1-2-6-17(14)18/h1-11,13H,12H2,(H,27,30,32)/b20-10-. The number of hydrogen-bond donors (Lipinski definition) is 1. The van der Waals surface area contributed by atoms with E-state index in [1.807, 2.05) is 36.4 Å². The molecule has 32 heavy (non-hydrogen) atoms. The molecule has 2 heterocycles. The highest BCUT2D eigenvalue weighted by atomic mass is 35.5. The largest absolute Gasteiger partial charge is 0.316 e. The maximum absolute atomic E-state index is 13.6. The molecule has 0 radical (unpaired) electrons. The maximum Gasteiger partial charge on any atom is 0.263 e. The first-order chi connectivity index (χ1) is 15.4. The molecule has 4 aromatic rings. The van der Waals surface area contributed by atoms with Gasteiger partial charge in [0.1, 0.15) is 0 Å². The highest BCUT2D eigenvalue weighted by Gasteiger charge is 2.27. The third-order valence-corrected chi connectivity index (χ3v) is 5.94. The monoisotopic (exact) mass is 458 g/mol. The van der Waals surface area contributed by atoms with Crippen LogP contribution in [0.4, 0.5) is 0 Å². The van der Waals surface area contributed by atoms with Crippen LogP contribution in [-0.2, 0) is 9.59 Å². The Balaban J connectivity index is 1.69. The van der Waals surface area contributed by atoms with Gasteiger partial charge in [0.05, 0.1) is 22.5 Å². The zero-order valence-corrected chi connectivity index (χ0v) is 18.2. The number of aromatic nitrogens is 1. The lowest BCUT2D eigenvalue weighted by Crippen LogP contribution is -2.39. The summed E-state index contributed by atoms with van der Waals surface area (Å²) in [6.07, 6.45) is 3.10. The fraction of sp³-hybridized carbons (Fsp3) is 0.0400. The molecule has 0 bridgehead atoms. The van der Waals surface area contributed by atoms with Crippen LogP contribution in [-0.4, -0.2) is 27.2 Å². The maximum atomic E-state index is 13.6. The van der Waals surface area contributed by atoms with Gasteiger partial charge in [0.2, 0.25) is 0 Å². The number of fused-ring (bicyclic) bond motifs is 2. The number of thiocarbonyl (C=S) groups is 1. The second-order valence-corrected chi connectivity index (χ2v) is 8.41. The van der Waals surface area contributed by atoms with Crippen molar-refractivity contribution in [3.63, 3.8) is 0 Å². The molecule has 3 aromatic carbocycles. The molecular formula is C25H15ClN2O3S. The Bertz CT molecular complexity index is 1490. The summed E-state index contributed by atoms with van der Waals surface area (Å²) in [6, 6.07) is 18.4. The van der Waals surface area contributed by atoms with Crippen molar-refractivity contribution < 1.29 is 14.4 Å². The van der Waals surface area contributed by atoms with Gasteiger partial charge in [0, 0.05) is 27.7 Å². The van der Waals surface area contributed by atoms with Crippen LogP contribution in [0, 0.1) is 0 Å². The molecule has 1 amide bonds. The minimum atomic E-state index is -0.547. The minimum Gasteiger partial charge on any atom is -0.316 e. The number of piperidine rings is 1. The van der Waals surface area contributed by atoms with Gasteiger partial charge in [0.25, 0.3) is 11.8 Å². The molecule has 0 aliphatic carbocycles. The molecule has 1 aromatic heterocycles. The molecule has 1 aliphatic heterocycles. The average Bonchev–Trinajstić information content (AvgIpc) is 3.12. The number of nitrogens with zero attached hydrogens (tertiary/aromatic N) is 1. The first-order valence-corrected chi connectivity index (χ1v) is 10.6. The number of carbonyl (C=O) groups is 3. The van der Waals surface area contributed by atoms with Gasteiger partial charge in [-0.05, 0) is 41.1 Å². The number of rotatable bonds is 2. The fourth-order valence-electron chi connectivity index (χ4n) is 3.96. The molecule has 1 aliphatic rings. The molecule has 156 valence electrons. The lowest BCUT2D eigenvalue weighted by Gasteiger charge is -2.14. The van der Waals surface area contributed by atoms with Crippen LogP contribution in [0.5, 0.6) is 0 Å². The molecule has 5 nitrogen and oxygen atoms in total. The molecule has 7 heteroatoms. The van der Waals surface area contributed by atoms with Crippen molar-refractivity contribution in [3.05, 3.63) is 88.6 Å². The highest BCUT2D eigenvalue weighted by Crippen LogP contribution is 2.29. The predicted molar refractivity (Wildman–Crippen MR) is 129 cm³/mol. The second kappa shape index (κ2) is 7.82. The number of nitrogens with one attached hydrogen (secondary N) is 1. The summed E-state index contributed by atoms with van der Waals surface area (Å²) in [5, 5.41) is 5.46. The third kappa shape index (κ3) is 3.43. The Labute approximate surface area is 193 Å². The van der Waals surface area contributed by atoms with Crippen LogP contribution in [0.2, 0.25) is 5.02 Å². The van der Waals surface area contributed by atoms with Crippen LogP contribution >= 0.6 is 23.8 Å². The molecule has 0 unspecified atom stereocenters. The van der Waals surface area contributed by atoms with E-state index in [0.29, 0.717) is 27.1 Å². The van der Waals surface area contributed by atoms with Crippen molar-refractivity contribution in [1.82, 2.24) is 9.88 Å². The van der Waals surface area contributed by atoms with E-state index >= 15 is 0 Å². The Morgan fingerprint density at radius 2 is 1.81 bits per heavy atom. The van der Waals surface area contributed by atoms with Gasteiger partial charge in [-0.1, -0.05) is 60.2 Å². The van der Waals surface area contributed by atoms with Gasteiger partial charge in [-0.2, -0.15) is 0 Å². The number of halogens is 1. The predicted octanol–water partition coefficient (Wildman–Crippen LogP) is 4.94. The topological polar surface area (TPSA) is 68.2 Å². The van der Waals surface area contributed by atoms with Gasteiger partial charge in [-0.25, -0.2) is 0 Å². The van der Waals surface area contributed by atoms with E-state index in [9.17, 15) is 14.4 Å². The number of hydrogen-bond acceptors (Lipinski definition) is 4. The Hall–Kier alpha value is -3.61. The van der Waals surface area contributed by atoms with E-state index in [2.05, 4.69) is 5.32 Å². The summed E-state index contributed by atoms with van der Waals surface area (Å²) in [5.74, 6) is -1.13. The van der Waals surface area contributed by atoms with E-state index in [0.717, 1.165) is 10.8 Å². The number of benzene rings is 3. The second-order valence-electron chi connectivity index (χ2n) is 7.48. The Morgan fingerprint density at radius 1 is 1.03 bits per heavy atom. The van der Waals surface area contributed by atoms with Gasteiger partial charge in [-0.3, -0.25) is 19.0 Å². The molecule has 0 saturated carbocycles. The van der Waals surface area contributed by atoms with Crippen LogP contribution < -0.4 is 5.32 Å². The lowest BCUT2D eigenvalue weighted by atomic mass is 10.0. The van der Waals surface area contributed by atoms with Crippen molar-refractivity contribution in [2.45, 2.75) is 6.42 Å². The quantitative estimate of drug-likeness (QED) is 0.262. The average molecular weight is 459 g/mol. The van der Waals surface area contributed by atoms with E-state index < -0.39 is 5.91 Å². The van der Waals surface area contributed by atoms with Gasteiger partial charge >= 0.3 is 0 Å². The van der Waals surface area contributed by atoms with Crippen LogP contribution in [0.3, 0.4) is 0 Å². The molecule has 1 N–H and O–H groups in total. The molecular weight excluding hydrogens is 444 g/mol. The number of Topliss-reactive ketones (excluding diaryl/α,β-unsaturated/α-hetero) is 1. The number of amides is 1. The van der Waals surface area contributed by atoms with Crippen molar-refractivity contribution in [3.8, 4) is 0 Å². The molecule has 1 saturated heterocycles. The summed E-state index contributed by atoms with van der Waals surface area (Å²) >= 11 is 11.2. The summed E-state index contributed by atoms with van der Waals surface area (Å²) < 4.78 is 1.52. The van der Waals surface area contributed by atoms with Gasteiger partial charge in [0.15, 0.2) is 5.78 Å². The number of ketones is 1. The van der Waals surface area contributed by atoms with Crippen molar-refractivity contribution in [2.24, 2.45) is 0 Å². The third-order valence-electron chi connectivity index (χ3n) is 5.46. The fourth-order valence-corrected chi connectivity index (χ4v) is 4.36. The van der Waals surface area contributed by atoms with Crippen LogP contribution in [0.25, 0.3) is 27.8 Å². The lowest BCUT2D eigenvalue weighted by molar-refractivity contribution is -0.122. The van der Waals surface area contributed by atoms with Crippen LogP contribution in [0.15, 0.2) is 72.4 Å². The van der Waals surface area contributed by atoms with Crippen molar-refractivity contribution in [2.75, 3.05) is 0 Å². The van der Waals surface area contributed by atoms with Crippen molar-refractivity contribution in [1.29, 1.82) is 0 Å².